The van der Waals surface area contributed by atoms with Gasteiger partial charge in [-0.25, -0.2) is 19.2 Å². The Morgan fingerprint density at radius 2 is 0.898 bits per heavy atom. The second-order valence-corrected chi connectivity index (χ2v) is 13.0. The minimum atomic E-state index is -2.39. The van der Waals surface area contributed by atoms with Crippen molar-refractivity contribution in [1.29, 1.82) is 5.41 Å². The highest BCUT2D eigenvalue weighted by Gasteiger charge is 2.56. The molecule has 1 aliphatic rings. The van der Waals surface area contributed by atoms with Crippen molar-refractivity contribution in [3.8, 4) is 0 Å². The number of alkyl halides is 3. The van der Waals surface area contributed by atoms with E-state index in [1.54, 1.807) is 72.8 Å². The quantitative estimate of drug-likeness (QED) is 0.0822. The molecule has 0 aliphatic carbocycles. The molecule has 1 N–H and O–H groups in total. The number of nitrogens with one attached hydrogen (secondary N) is 1. The molecule has 1 heterocycles. The van der Waals surface area contributed by atoms with Crippen LogP contribution in [0.1, 0.15) is 41.4 Å². The molecule has 252 valence electrons. The number of carbonyl (C=O) groups is 4. The maximum atomic E-state index is 13.6. The largest absolute Gasteiger partial charge is 0.459 e. The number of esters is 4. The number of benzene rings is 4. The maximum absolute atomic E-state index is 13.6. The van der Waals surface area contributed by atoms with E-state index in [1.807, 2.05) is 0 Å². The van der Waals surface area contributed by atoms with Crippen molar-refractivity contribution >= 4 is 64.4 Å². The van der Waals surface area contributed by atoms with E-state index in [0.717, 1.165) is 0 Å². The van der Waals surface area contributed by atoms with Crippen LogP contribution in [0.3, 0.4) is 0 Å². The predicted octanol–water partition coefficient (Wildman–Crippen LogP) is 6.68. The fraction of sp³-hybridized carbons (Fsp3) is 0.194. The van der Waals surface area contributed by atoms with E-state index in [1.165, 1.54) is 48.5 Å². The Kier molecular flexibility index (Phi) is 11.7. The Hall–Kier alpha value is -4.74. The van der Waals surface area contributed by atoms with Crippen molar-refractivity contribution < 1.29 is 42.9 Å². The van der Waals surface area contributed by atoms with Gasteiger partial charge in [-0.1, -0.05) is 108 Å². The summed E-state index contributed by atoms with van der Waals surface area (Å²) in [6, 6.07) is 31.7. The minimum Gasteiger partial charge on any atom is -0.459 e. The maximum Gasteiger partial charge on any atom is 0.338 e. The number of ether oxygens (including phenoxy) is 5. The molecule has 0 spiro atoms. The van der Waals surface area contributed by atoms with Gasteiger partial charge in [0, 0.05) is 0 Å². The van der Waals surface area contributed by atoms with Crippen molar-refractivity contribution in [2.45, 2.75) is 34.3 Å². The van der Waals surface area contributed by atoms with Crippen LogP contribution >= 0.6 is 34.8 Å². The Bertz CT molecular complexity index is 1770. The Morgan fingerprint density at radius 1 is 0.551 bits per heavy atom. The average Bonchev–Trinajstić information content (AvgIpc) is 3.12. The molecule has 0 saturated carbocycles. The molecule has 13 heteroatoms. The standard InChI is InChI=1S/C36H28Cl3NO9/c37-36(38,39)31(40)30-29(49-35(44)25-19-11-4-12-20-25)28(48-34(43)24-17-9-3-10-18-24)27(47-33(42)23-15-7-2-8-16-23)26(46-30)21-45-32(41)22-13-5-1-6-14-22/h1-20,26-30,40H,21H2. The second kappa shape index (κ2) is 16.1. The van der Waals surface area contributed by atoms with Gasteiger partial charge in [-0.15, -0.1) is 0 Å². The van der Waals surface area contributed by atoms with Crippen LogP contribution in [0, 0.1) is 5.41 Å². The fourth-order valence-corrected chi connectivity index (χ4v) is 5.28. The molecule has 4 aromatic carbocycles. The van der Waals surface area contributed by atoms with Crippen molar-refractivity contribution in [3.05, 3.63) is 144 Å². The summed E-state index contributed by atoms with van der Waals surface area (Å²) in [5.74, 6) is -3.41. The van der Waals surface area contributed by atoms with E-state index in [-0.39, 0.29) is 22.3 Å². The lowest BCUT2D eigenvalue weighted by atomic mass is 9.91. The highest BCUT2D eigenvalue weighted by molar-refractivity contribution is 6.76. The molecule has 0 aromatic heterocycles. The van der Waals surface area contributed by atoms with Gasteiger partial charge in [0.15, 0.2) is 18.3 Å². The first-order valence-electron chi connectivity index (χ1n) is 14.8. The summed E-state index contributed by atoms with van der Waals surface area (Å²) in [7, 11) is 0. The molecule has 1 saturated heterocycles. The molecule has 4 aromatic rings. The molecule has 10 nitrogen and oxygen atoms in total. The predicted molar refractivity (Wildman–Crippen MR) is 180 cm³/mol. The first-order chi connectivity index (χ1) is 23.5. The SMILES string of the molecule is N=C(C1OC(COC(=O)c2ccccc2)C(OC(=O)c2ccccc2)C(OC(=O)c2ccccc2)C1OC(=O)c1ccccc1)C(Cl)(Cl)Cl. The molecule has 0 bridgehead atoms. The van der Waals surface area contributed by atoms with E-state index in [4.69, 9.17) is 63.9 Å². The molecule has 0 radical (unpaired) electrons. The van der Waals surface area contributed by atoms with Crippen LogP contribution in [0.2, 0.25) is 0 Å². The average molecular weight is 725 g/mol. The summed E-state index contributed by atoms with van der Waals surface area (Å²) in [5, 5.41) is 8.77. The van der Waals surface area contributed by atoms with Gasteiger partial charge in [0.1, 0.15) is 18.8 Å². The lowest BCUT2D eigenvalue weighted by molar-refractivity contribution is -0.213. The molecule has 1 fully saturated rings. The molecule has 5 atom stereocenters. The second-order valence-electron chi connectivity index (χ2n) is 10.7. The molecular weight excluding hydrogens is 697 g/mol. The summed E-state index contributed by atoms with van der Waals surface area (Å²) in [5.41, 5.74) is -0.147. The van der Waals surface area contributed by atoms with Crippen molar-refractivity contribution in [1.82, 2.24) is 0 Å². The Balaban J connectivity index is 1.59. The minimum absolute atomic E-state index is 0.103. The van der Waals surface area contributed by atoms with Gasteiger partial charge in [-0.3, -0.25) is 0 Å². The monoisotopic (exact) mass is 723 g/mol. The molecule has 5 rings (SSSR count). The fourth-order valence-electron chi connectivity index (χ4n) is 4.96. The summed E-state index contributed by atoms with van der Waals surface area (Å²) >= 11 is 18.4. The lowest BCUT2D eigenvalue weighted by Crippen LogP contribution is -2.65. The smallest absolute Gasteiger partial charge is 0.338 e. The normalized spacial score (nSPS) is 20.3. The first kappa shape index (κ1) is 35.6. The number of hydrogen-bond acceptors (Lipinski definition) is 10. The molecule has 1 aliphatic heterocycles. The Morgan fingerprint density at radius 3 is 1.29 bits per heavy atom. The van der Waals surface area contributed by atoms with Crippen LogP contribution in [0.4, 0.5) is 0 Å². The third kappa shape index (κ3) is 9.04. The van der Waals surface area contributed by atoms with Gasteiger partial charge < -0.3 is 29.1 Å². The van der Waals surface area contributed by atoms with E-state index in [2.05, 4.69) is 0 Å². The summed E-state index contributed by atoms with van der Waals surface area (Å²) in [4.78, 5) is 53.5. The van der Waals surface area contributed by atoms with E-state index in [9.17, 15) is 19.2 Å². The van der Waals surface area contributed by atoms with E-state index < -0.39 is 70.5 Å². The number of halogens is 3. The van der Waals surface area contributed by atoms with Crippen LogP contribution in [0.15, 0.2) is 121 Å². The van der Waals surface area contributed by atoms with Crippen LogP contribution in [0.5, 0.6) is 0 Å². The first-order valence-corrected chi connectivity index (χ1v) is 16.0. The zero-order chi connectivity index (χ0) is 35.0. The summed E-state index contributed by atoms with van der Waals surface area (Å²) in [6.07, 6.45) is -8.10. The summed E-state index contributed by atoms with van der Waals surface area (Å²) in [6.45, 7) is -0.581. The van der Waals surface area contributed by atoms with Crippen molar-refractivity contribution in [3.63, 3.8) is 0 Å². The number of carbonyl (C=O) groups excluding carboxylic acids is 4. The molecular formula is C36H28Cl3NO9. The van der Waals surface area contributed by atoms with E-state index >= 15 is 0 Å². The topological polar surface area (TPSA) is 138 Å². The van der Waals surface area contributed by atoms with Gasteiger partial charge in [0.2, 0.25) is 3.79 Å². The molecule has 5 unspecified atom stereocenters. The van der Waals surface area contributed by atoms with Gasteiger partial charge >= 0.3 is 23.9 Å². The number of rotatable bonds is 10. The zero-order valence-electron chi connectivity index (χ0n) is 25.4. The Labute approximate surface area is 296 Å². The highest BCUT2D eigenvalue weighted by atomic mass is 35.6. The van der Waals surface area contributed by atoms with Crippen LogP contribution < -0.4 is 0 Å². The third-order valence-corrected chi connectivity index (χ3v) is 7.98. The van der Waals surface area contributed by atoms with Crippen LogP contribution in [-0.4, -0.2) is 70.5 Å². The lowest BCUT2D eigenvalue weighted by Gasteiger charge is -2.45. The van der Waals surface area contributed by atoms with Crippen LogP contribution in [-0.2, 0) is 23.7 Å². The van der Waals surface area contributed by atoms with Gasteiger partial charge in [0.25, 0.3) is 0 Å². The molecule has 0 amide bonds. The van der Waals surface area contributed by atoms with Crippen molar-refractivity contribution in [2.24, 2.45) is 0 Å². The van der Waals surface area contributed by atoms with Gasteiger partial charge in [-0.2, -0.15) is 0 Å². The highest BCUT2D eigenvalue weighted by Crippen LogP contribution is 2.37. The van der Waals surface area contributed by atoms with Crippen molar-refractivity contribution in [2.75, 3.05) is 6.61 Å². The molecule has 49 heavy (non-hydrogen) atoms. The van der Waals surface area contributed by atoms with Crippen LogP contribution in [0.25, 0.3) is 0 Å². The van der Waals surface area contributed by atoms with Gasteiger partial charge in [-0.05, 0) is 48.5 Å². The third-order valence-electron chi connectivity index (χ3n) is 7.37. The summed E-state index contributed by atoms with van der Waals surface area (Å²) < 4.78 is 27.1. The van der Waals surface area contributed by atoms with E-state index in [0.29, 0.717) is 0 Å². The van der Waals surface area contributed by atoms with Gasteiger partial charge in [0.05, 0.1) is 28.0 Å². The number of hydrogen-bond donors (Lipinski definition) is 1. The zero-order valence-corrected chi connectivity index (χ0v) is 27.7.